The van der Waals surface area contributed by atoms with Crippen LogP contribution in [0.5, 0.6) is 0 Å². The Morgan fingerprint density at radius 3 is 2.05 bits per heavy atom. The van der Waals surface area contributed by atoms with E-state index in [9.17, 15) is 0 Å². The van der Waals surface area contributed by atoms with Crippen molar-refractivity contribution < 1.29 is 0 Å². The first-order valence-corrected chi connectivity index (χ1v) is 7.23. The average Bonchev–Trinajstić information content (AvgIpc) is 2.47. The Kier molecular flexibility index (Phi) is 5.33. The van der Waals surface area contributed by atoms with E-state index in [-0.39, 0.29) is 12.1 Å². The Morgan fingerprint density at radius 1 is 0.950 bits per heavy atom. The van der Waals surface area contributed by atoms with Gasteiger partial charge in [0.05, 0.1) is 0 Å². The van der Waals surface area contributed by atoms with Crippen LogP contribution in [0.4, 0.5) is 0 Å². The van der Waals surface area contributed by atoms with E-state index in [2.05, 4.69) is 73.5 Å². The van der Waals surface area contributed by atoms with Crippen LogP contribution in [0.1, 0.15) is 24.1 Å². The molecule has 0 saturated carbocycles. The van der Waals surface area contributed by atoms with Crippen molar-refractivity contribution in [2.45, 2.75) is 25.4 Å². The van der Waals surface area contributed by atoms with E-state index in [4.69, 9.17) is 5.73 Å². The molecule has 0 heterocycles. The number of nitrogens with two attached hydrogens (primary N) is 1. The largest absolute Gasteiger partial charge is 0.326 e. The van der Waals surface area contributed by atoms with Gasteiger partial charge in [-0.1, -0.05) is 60.7 Å². The maximum absolute atomic E-state index is 6.20. The first-order valence-electron chi connectivity index (χ1n) is 7.23. The predicted octanol–water partition coefficient (Wildman–Crippen LogP) is 3.25. The Labute approximate surface area is 122 Å². The van der Waals surface area contributed by atoms with Crippen LogP contribution in [-0.2, 0) is 6.42 Å². The maximum atomic E-state index is 6.20. The van der Waals surface area contributed by atoms with Gasteiger partial charge in [0.2, 0.25) is 0 Å². The molecule has 0 aliphatic rings. The summed E-state index contributed by atoms with van der Waals surface area (Å²) in [5, 5.41) is 0. The first kappa shape index (κ1) is 14.8. The number of likely N-dealkylation sites (N-methyl/N-ethyl adjacent to an activating group) is 1. The fourth-order valence-electron chi connectivity index (χ4n) is 2.70. The second kappa shape index (κ2) is 7.22. The average molecular weight is 268 g/mol. The number of hydrogen-bond donors (Lipinski definition) is 1. The van der Waals surface area contributed by atoms with Gasteiger partial charge in [-0.3, -0.25) is 4.90 Å². The van der Waals surface area contributed by atoms with Crippen molar-refractivity contribution in [2.24, 2.45) is 5.73 Å². The predicted molar refractivity (Wildman–Crippen MR) is 85.6 cm³/mol. The SMILES string of the molecule is CC(N)C(c1ccccc1)N(C)CCc1ccccc1. The van der Waals surface area contributed by atoms with E-state index >= 15 is 0 Å². The van der Waals surface area contributed by atoms with E-state index in [1.165, 1.54) is 11.1 Å². The van der Waals surface area contributed by atoms with Crippen molar-refractivity contribution in [1.82, 2.24) is 4.90 Å². The monoisotopic (exact) mass is 268 g/mol. The van der Waals surface area contributed by atoms with Crippen LogP contribution < -0.4 is 5.73 Å². The molecule has 2 aromatic carbocycles. The summed E-state index contributed by atoms with van der Waals surface area (Å²) in [5.74, 6) is 0. The molecular weight excluding hydrogens is 244 g/mol. The highest BCUT2D eigenvalue weighted by Gasteiger charge is 2.20. The van der Waals surface area contributed by atoms with Gasteiger partial charge in [-0.05, 0) is 31.5 Å². The van der Waals surface area contributed by atoms with Crippen molar-refractivity contribution >= 4 is 0 Å². The summed E-state index contributed by atoms with van der Waals surface area (Å²) in [6.07, 6.45) is 1.05. The molecular formula is C18H24N2. The van der Waals surface area contributed by atoms with E-state index in [1.54, 1.807) is 0 Å². The van der Waals surface area contributed by atoms with Crippen LogP contribution >= 0.6 is 0 Å². The minimum absolute atomic E-state index is 0.109. The molecule has 0 aromatic heterocycles. The van der Waals surface area contributed by atoms with Crippen LogP contribution in [0.3, 0.4) is 0 Å². The Hall–Kier alpha value is -1.64. The van der Waals surface area contributed by atoms with Gasteiger partial charge >= 0.3 is 0 Å². The molecule has 0 radical (unpaired) electrons. The van der Waals surface area contributed by atoms with Crippen LogP contribution in [0, 0.1) is 0 Å². The van der Waals surface area contributed by atoms with E-state index in [0.717, 1.165) is 13.0 Å². The maximum Gasteiger partial charge on any atom is 0.0493 e. The van der Waals surface area contributed by atoms with Gasteiger partial charge in [0.25, 0.3) is 0 Å². The lowest BCUT2D eigenvalue weighted by molar-refractivity contribution is 0.221. The lowest BCUT2D eigenvalue weighted by Crippen LogP contribution is -2.38. The summed E-state index contributed by atoms with van der Waals surface area (Å²) in [4.78, 5) is 2.35. The minimum atomic E-state index is 0.109. The second-order valence-electron chi connectivity index (χ2n) is 5.43. The number of nitrogens with zero attached hydrogens (tertiary/aromatic N) is 1. The molecule has 0 fully saturated rings. The molecule has 2 nitrogen and oxygen atoms in total. The van der Waals surface area contributed by atoms with Crippen LogP contribution in [-0.4, -0.2) is 24.5 Å². The standard InChI is InChI=1S/C18H24N2/c1-15(19)18(17-11-7-4-8-12-17)20(2)14-13-16-9-5-3-6-10-16/h3-12,15,18H,13-14,19H2,1-2H3. The molecule has 2 aromatic rings. The van der Waals surface area contributed by atoms with Gasteiger partial charge in [-0.2, -0.15) is 0 Å². The molecule has 0 spiro atoms. The molecule has 2 atom stereocenters. The van der Waals surface area contributed by atoms with E-state index < -0.39 is 0 Å². The summed E-state index contributed by atoms with van der Waals surface area (Å²) in [6.45, 7) is 3.09. The summed E-state index contributed by atoms with van der Waals surface area (Å²) in [5.41, 5.74) is 8.86. The molecule has 2 heteroatoms. The normalized spacial score (nSPS) is 14.2. The van der Waals surface area contributed by atoms with Gasteiger partial charge in [0.15, 0.2) is 0 Å². The third-order valence-corrected chi connectivity index (χ3v) is 3.71. The molecule has 0 saturated heterocycles. The highest BCUT2D eigenvalue weighted by molar-refractivity contribution is 5.21. The van der Waals surface area contributed by atoms with Crippen LogP contribution in [0.25, 0.3) is 0 Å². The summed E-state index contributed by atoms with van der Waals surface area (Å²) in [7, 11) is 2.16. The van der Waals surface area contributed by atoms with Crippen molar-refractivity contribution in [2.75, 3.05) is 13.6 Å². The molecule has 2 unspecified atom stereocenters. The molecule has 20 heavy (non-hydrogen) atoms. The summed E-state index contributed by atoms with van der Waals surface area (Å²) < 4.78 is 0. The zero-order valence-electron chi connectivity index (χ0n) is 12.4. The van der Waals surface area contributed by atoms with Gasteiger partial charge in [0.1, 0.15) is 0 Å². The number of rotatable bonds is 6. The molecule has 0 aliphatic carbocycles. The lowest BCUT2D eigenvalue weighted by Gasteiger charge is -2.31. The molecule has 106 valence electrons. The highest BCUT2D eigenvalue weighted by atomic mass is 15.1. The Balaban J connectivity index is 2.03. The Bertz CT molecular complexity index is 493. The Morgan fingerprint density at radius 2 is 1.50 bits per heavy atom. The quantitative estimate of drug-likeness (QED) is 0.871. The molecule has 2 N–H and O–H groups in total. The summed E-state index contributed by atoms with van der Waals surface area (Å²) in [6, 6.07) is 21.5. The number of hydrogen-bond acceptors (Lipinski definition) is 2. The topological polar surface area (TPSA) is 29.3 Å². The van der Waals surface area contributed by atoms with Crippen molar-refractivity contribution in [3.8, 4) is 0 Å². The van der Waals surface area contributed by atoms with E-state index in [1.807, 2.05) is 6.07 Å². The van der Waals surface area contributed by atoms with Crippen molar-refractivity contribution in [3.05, 3.63) is 71.8 Å². The van der Waals surface area contributed by atoms with Crippen molar-refractivity contribution in [1.29, 1.82) is 0 Å². The fourth-order valence-corrected chi connectivity index (χ4v) is 2.70. The van der Waals surface area contributed by atoms with E-state index in [0.29, 0.717) is 0 Å². The third kappa shape index (κ3) is 3.92. The van der Waals surface area contributed by atoms with Crippen molar-refractivity contribution in [3.63, 3.8) is 0 Å². The third-order valence-electron chi connectivity index (χ3n) is 3.71. The zero-order chi connectivity index (χ0) is 14.4. The molecule has 0 amide bonds. The molecule has 0 bridgehead atoms. The van der Waals surface area contributed by atoms with Crippen LogP contribution in [0.15, 0.2) is 60.7 Å². The first-order chi connectivity index (χ1) is 9.68. The lowest BCUT2D eigenvalue weighted by atomic mass is 9.99. The zero-order valence-corrected chi connectivity index (χ0v) is 12.4. The van der Waals surface area contributed by atoms with Gasteiger partial charge in [-0.15, -0.1) is 0 Å². The minimum Gasteiger partial charge on any atom is -0.326 e. The van der Waals surface area contributed by atoms with Gasteiger partial charge in [-0.25, -0.2) is 0 Å². The number of benzene rings is 2. The van der Waals surface area contributed by atoms with Gasteiger partial charge < -0.3 is 5.73 Å². The molecule has 0 aliphatic heterocycles. The second-order valence-corrected chi connectivity index (χ2v) is 5.43. The van der Waals surface area contributed by atoms with Gasteiger partial charge in [0, 0.05) is 18.6 Å². The highest BCUT2D eigenvalue weighted by Crippen LogP contribution is 2.22. The molecule has 2 rings (SSSR count). The summed E-state index contributed by atoms with van der Waals surface area (Å²) >= 11 is 0. The smallest absolute Gasteiger partial charge is 0.0493 e. The van der Waals surface area contributed by atoms with Crippen LogP contribution in [0.2, 0.25) is 0 Å². The fraction of sp³-hybridized carbons (Fsp3) is 0.333.